The SMILES string of the molecule is Cc1cc(C)c(C(c2ccccc2)N2CCN(C(=O)c3cc4n(n3)CCCO4)CC2)c(C)c1. The van der Waals surface area contributed by atoms with Crippen molar-refractivity contribution in [2.75, 3.05) is 32.8 Å². The summed E-state index contributed by atoms with van der Waals surface area (Å²) < 4.78 is 7.45. The number of carbonyl (C=O) groups is 1. The van der Waals surface area contributed by atoms with Crippen LogP contribution in [0.1, 0.15) is 50.8 Å². The number of piperazine rings is 1. The lowest BCUT2D eigenvalue weighted by molar-refractivity contribution is 0.0590. The van der Waals surface area contributed by atoms with E-state index in [9.17, 15) is 4.79 Å². The van der Waals surface area contributed by atoms with Crippen molar-refractivity contribution < 1.29 is 9.53 Å². The molecule has 2 aliphatic heterocycles. The van der Waals surface area contributed by atoms with Crippen LogP contribution in [-0.4, -0.2) is 58.3 Å². The van der Waals surface area contributed by atoms with Gasteiger partial charge in [0.15, 0.2) is 5.69 Å². The molecule has 6 nitrogen and oxygen atoms in total. The van der Waals surface area contributed by atoms with E-state index >= 15 is 0 Å². The van der Waals surface area contributed by atoms with Crippen molar-refractivity contribution in [3.63, 3.8) is 0 Å². The Hall–Kier alpha value is -3.12. The van der Waals surface area contributed by atoms with Crippen molar-refractivity contribution in [2.45, 2.75) is 39.8 Å². The number of rotatable bonds is 4. The Morgan fingerprint density at radius 3 is 2.30 bits per heavy atom. The fourth-order valence-corrected chi connectivity index (χ4v) is 5.33. The molecule has 0 bridgehead atoms. The van der Waals surface area contributed by atoms with E-state index in [4.69, 9.17) is 4.74 Å². The summed E-state index contributed by atoms with van der Waals surface area (Å²) >= 11 is 0. The molecular formula is C27H32N4O2. The quantitative estimate of drug-likeness (QED) is 0.607. The third kappa shape index (κ3) is 4.27. The highest BCUT2D eigenvalue weighted by Crippen LogP contribution is 2.34. The van der Waals surface area contributed by atoms with Crippen LogP contribution in [0.25, 0.3) is 0 Å². The van der Waals surface area contributed by atoms with E-state index in [1.807, 2.05) is 4.90 Å². The van der Waals surface area contributed by atoms with Gasteiger partial charge in [0.25, 0.3) is 5.91 Å². The monoisotopic (exact) mass is 444 g/mol. The largest absolute Gasteiger partial charge is 0.478 e. The van der Waals surface area contributed by atoms with E-state index in [2.05, 4.69) is 73.2 Å². The highest BCUT2D eigenvalue weighted by Gasteiger charge is 2.31. The van der Waals surface area contributed by atoms with Gasteiger partial charge in [-0.1, -0.05) is 48.0 Å². The van der Waals surface area contributed by atoms with Crippen LogP contribution in [0.2, 0.25) is 0 Å². The fourth-order valence-electron chi connectivity index (χ4n) is 5.33. The molecule has 33 heavy (non-hydrogen) atoms. The van der Waals surface area contributed by atoms with Gasteiger partial charge < -0.3 is 9.64 Å². The summed E-state index contributed by atoms with van der Waals surface area (Å²) in [6.45, 7) is 11.1. The normalized spacial score (nSPS) is 17.4. The smallest absolute Gasteiger partial charge is 0.274 e. The van der Waals surface area contributed by atoms with Gasteiger partial charge in [-0.25, -0.2) is 4.68 Å². The first-order valence-corrected chi connectivity index (χ1v) is 11.9. The zero-order chi connectivity index (χ0) is 22.9. The Kier molecular flexibility index (Phi) is 5.94. The molecule has 1 amide bonds. The highest BCUT2D eigenvalue weighted by molar-refractivity contribution is 5.92. The molecule has 0 saturated carbocycles. The molecule has 1 unspecified atom stereocenters. The minimum Gasteiger partial charge on any atom is -0.478 e. The van der Waals surface area contributed by atoms with Crippen LogP contribution in [0.5, 0.6) is 5.88 Å². The number of hydrogen-bond donors (Lipinski definition) is 0. The zero-order valence-electron chi connectivity index (χ0n) is 19.8. The average Bonchev–Trinajstić information content (AvgIpc) is 3.26. The number of ether oxygens (including phenoxy) is 1. The number of nitrogens with zero attached hydrogens (tertiary/aromatic N) is 4. The number of carbonyl (C=O) groups excluding carboxylic acids is 1. The molecule has 3 aromatic rings. The number of fused-ring (bicyclic) bond motifs is 1. The van der Waals surface area contributed by atoms with Crippen LogP contribution >= 0.6 is 0 Å². The number of aromatic nitrogens is 2. The maximum absolute atomic E-state index is 13.2. The molecule has 0 spiro atoms. The molecule has 3 heterocycles. The number of benzene rings is 2. The van der Waals surface area contributed by atoms with Crippen LogP contribution in [0.15, 0.2) is 48.5 Å². The third-order valence-corrected chi connectivity index (χ3v) is 6.82. The van der Waals surface area contributed by atoms with Crippen molar-refractivity contribution in [1.29, 1.82) is 0 Å². The Labute approximate surface area is 195 Å². The first-order valence-electron chi connectivity index (χ1n) is 11.9. The van der Waals surface area contributed by atoms with E-state index in [0.717, 1.165) is 26.1 Å². The first kappa shape index (κ1) is 21.7. The average molecular weight is 445 g/mol. The Morgan fingerprint density at radius 2 is 1.64 bits per heavy atom. The Morgan fingerprint density at radius 1 is 0.939 bits per heavy atom. The molecule has 2 aromatic carbocycles. The van der Waals surface area contributed by atoms with Gasteiger partial charge in [0.2, 0.25) is 5.88 Å². The van der Waals surface area contributed by atoms with Gasteiger partial charge in [-0.05, 0) is 43.0 Å². The predicted molar refractivity (Wildman–Crippen MR) is 129 cm³/mol. The molecule has 1 aromatic heterocycles. The molecule has 5 rings (SSSR count). The summed E-state index contributed by atoms with van der Waals surface area (Å²) in [4.78, 5) is 17.6. The molecule has 0 aliphatic carbocycles. The summed E-state index contributed by atoms with van der Waals surface area (Å²) in [6.07, 6.45) is 0.930. The van der Waals surface area contributed by atoms with E-state index in [0.29, 0.717) is 31.3 Å². The molecule has 1 atom stereocenters. The zero-order valence-corrected chi connectivity index (χ0v) is 19.8. The van der Waals surface area contributed by atoms with Crippen molar-refractivity contribution >= 4 is 5.91 Å². The first-order chi connectivity index (χ1) is 16.0. The summed E-state index contributed by atoms with van der Waals surface area (Å²) in [6, 6.07) is 17.3. The summed E-state index contributed by atoms with van der Waals surface area (Å²) in [5.74, 6) is 0.705. The maximum atomic E-state index is 13.2. The van der Waals surface area contributed by atoms with Gasteiger partial charge in [-0.15, -0.1) is 0 Å². The van der Waals surface area contributed by atoms with Crippen molar-refractivity contribution in [3.05, 3.63) is 82.0 Å². The lowest BCUT2D eigenvalue weighted by atomic mass is 9.88. The van der Waals surface area contributed by atoms with Crippen molar-refractivity contribution in [2.24, 2.45) is 0 Å². The van der Waals surface area contributed by atoms with Crippen molar-refractivity contribution in [3.8, 4) is 5.88 Å². The second-order valence-electron chi connectivity index (χ2n) is 9.25. The molecule has 2 aliphatic rings. The molecule has 0 N–H and O–H groups in total. The molecule has 1 saturated heterocycles. The minimum absolute atomic E-state index is 0.000826. The van der Waals surface area contributed by atoms with Gasteiger partial charge in [-0.3, -0.25) is 9.69 Å². The Balaban J connectivity index is 1.37. The van der Waals surface area contributed by atoms with Gasteiger partial charge in [0, 0.05) is 45.2 Å². The lowest BCUT2D eigenvalue weighted by Crippen LogP contribution is -2.50. The second kappa shape index (κ2) is 9.02. The topological polar surface area (TPSA) is 50.6 Å². The van der Waals surface area contributed by atoms with Gasteiger partial charge >= 0.3 is 0 Å². The van der Waals surface area contributed by atoms with Crippen molar-refractivity contribution in [1.82, 2.24) is 19.6 Å². The van der Waals surface area contributed by atoms with E-state index in [1.54, 1.807) is 10.7 Å². The standard InChI is InChI=1S/C27H32N4O2/c1-19-16-20(2)25(21(3)17-19)26(22-8-5-4-6-9-22)29-11-13-30(14-12-29)27(32)23-18-24-31(28-23)10-7-15-33-24/h4-6,8-9,16-18,26H,7,10-15H2,1-3H3. The third-order valence-electron chi connectivity index (χ3n) is 6.82. The van der Waals surface area contributed by atoms with Gasteiger partial charge in [-0.2, -0.15) is 5.10 Å². The lowest BCUT2D eigenvalue weighted by Gasteiger charge is -2.40. The maximum Gasteiger partial charge on any atom is 0.274 e. The van der Waals surface area contributed by atoms with Crippen LogP contribution in [0, 0.1) is 20.8 Å². The molecule has 1 fully saturated rings. The summed E-state index contributed by atoms with van der Waals surface area (Å²) in [5.41, 5.74) is 7.11. The van der Waals surface area contributed by atoms with Crippen LogP contribution in [0.4, 0.5) is 0 Å². The second-order valence-corrected chi connectivity index (χ2v) is 9.25. The molecule has 172 valence electrons. The number of aryl methyl sites for hydroxylation is 4. The highest BCUT2D eigenvalue weighted by atomic mass is 16.5. The minimum atomic E-state index is -0.000826. The summed E-state index contributed by atoms with van der Waals surface area (Å²) in [5, 5.41) is 4.49. The number of amides is 1. The van der Waals surface area contributed by atoms with Crippen LogP contribution in [0.3, 0.4) is 0 Å². The van der Waals surface area contributed by atoms with Gasteiger partial charge in [0.1, 0.15) is 0 Å². The van der Waals surface area contributed by atoms with Gasteiger partial charge in [0.05, 0.1) is 12.6 Å². The summed E-state index contributed by atoms with van der Waals surface area (Å²) in [7, 11) is 0. The predicted octanol–water partition coefficient (Wildman–Crippen LogP) is 4.14. The Bertz CT molecular complexity index is 1100. The fraction of sp³-hybridized carbons (Fsp3) is 0.407. The number of hydrogen-bond acceptors (Lipinski definition) is 4. The van der Waals surface area contributed by atoms with E-state index in [1.165, 1.54) is 27.8 Å². The molecular weight excluding hydrogens is 412 g/mol. The molecule has 6 heteroatoms. The molecule has 0 radical (unpaired) electrons. The van der Waals surface area contributed by atoms with Crippen LogP contribution in [-0.2, 0) is 6.54 Å². The van der Waals surface area contributed by atoms with Crippen LogP contribution < -0.4 is 4.74 Å². The van der Waals surface area contributed by atoms with E-state index < -0.39 is 0 Å². The van der Waals surface area contributed by atoms with E-state index in [-0.39, 0.29) is 11.9 Å².